The lowest BCUT2D eigenvalue weighted by molar-refractivity contribution is -0.141. The van der Waals surface area contributed by atoms with Crippen LogP contribution in [0, 0.1) is 11.8 Å². The Morgan fingerprint density at radius 2 is 2.10 bits per heavy atom. The van der Waals surface area contributed by atoms with E-state index in [1.54, 1.807) is 0 Å². The molecule has 0 amide bonds. The second-order valence-electron chi connectivity index (χ2n) is 3.28. The fourth-order valence-corrected chi connectivity index (χ4v) is 2.01. The van der Waals surface area contributed by atoms with Crippen LogP contribution in [0.25, 0.3) is 0 Å². The molecular formula is C8H12O2. The lowest BCUT2D eigenvalue weighted by atomic mass is 9.81. The quantitative estimate of drug-likeness (QED) is 0.475. The lowest BCUT2D eigenvalue weighted by Crippen LogP contribution is -2.19. The zero-order valence-corrected chi connectivity index (χ0v) is 6.01. The van der Waals surface area contributed by atoms with E-state index in [1.807, 2.05) is 0 Å². The molecule has 0 bridgehead atoms. The second kappa shape index (κ2) is 2.26. The molecular weight excluding hydrogens is 128 g/mol. The van der Waals surface area contributed by atoms with Crippen LogP contribution in [0.1, 0.15) is 25.7 Å². The molecule has 1 unspecified atom stereocenters. The Balaban J connectivity index is 2.08. The first-order valence-corrected chi connectivity index (χ1v) is 4.04. The number of hydrogen-bond acceptors (Lipinski definition) is 2. The Bertz CT molecular complexity index is 153. The van der Waals surface area contributed by atoms with Crippen LogP contribution >= 0.6 is 0 Å². The van der Waals surface area contributed by atoms with Gasteiger partial charge in [-0.1, -0.05) is 12.8 Å². The van der Waals surface area contributed by atoms with Gasteiger partial charge in [0, 0.05) is 5.92 Å². The van der Waals surface area contributed by atoms with Gasteiger partial charge in [-0.05, 0) is 12.8 Å². The smallest absolute Gasteiger partial charge is 0.309 e. The summed E-state index contributed by atoms with van der Waals surface area (Å²) in [5.41, 5.74) is 0. The monoisotopic (exact) mass is 140 g/mol. The number of ether oxygens (including phenoxy) is 1. The summed E-state index contributed by atoms with van der Waals surface area (Å²) in [6.07, 6.45) is 4.79. The summed E-state index contributed by atoms with van der Waals surface area (Å²) in [7, 11) is 0. The SMILES string of the molecule is O=C1OCC2CCCC[C@@H]12. The van der Waals surface area contributed by atoms with Crippen molar-refractivity contribution < 1.29 is 9.53 Å². The van der Waals surface area contributed by atoms with E-state index >= 15 is 0 Å². The van der Waals surface area contributed by atoms with E-state index < -0.39 is 0 Å². The molecule has 1 aliphatic carbocycles. The highest BCUT2D eigenvalue weighted by Gasteiger charge is 2.37. The maximum Gasteiger partial charge on any atom is 0.309 e. The van der Waals surface area contributed by atoms with E-state index in [1.165, 1.54) is 19.3 Å². The maximum atomic E-state index is 11.0. The number of fused-ring (bicyclic) bond motifs is 1. The van der Waals surface area contributed by atoms with Gasteiger partial charge in [0.2, 0.25) is 0 Å². The third-order valence-corrected chi connectivity index (χ3v) is 2.65. The molecule has 56 valence electrons. The molecule has 2 rings (SSSR count). The molecule has 0 radical (unpaired) electrons. The first-order chi connectivity index (χ1) is 4.88. The third-order valence-electron chi connectivity index (χ3n) is 2.65. The predicted octanol–water partition coefficient (Wildman–Crippen LogP) is 1.35. The van der Waals surface area contributed by atoms with Gasteiger partial charge in [-0.3, -0.25) is 4.79 Å². The minimum absolute atomic E-state index is 0.0599. The molecule has 1 heterocycles. The van der Waals surface area contributed by atoms with Crippen LogP contribution in [0.2, 0.25) is 0 Å². The molecule has 0 aromatic heterocycles. The zero-order chi connectivity index (χ0) is 6.97. The number of cyclic esters (lactones) is 1. The Hall–Kier alpha value is -0.530. The van der Waals surface area contributed by atoms with Gasteiger partial charge in [0.15, 0.2) is 0 Å². The van der Waals surface area contributed by atoms with Gasteiger partial charge in [-0.25, -0.2) is 0 Å². The summed E-state index contributed by atoms with van der Waals surface area (Å²) in [6, 6.07) is 0. The van der Waals surface area contributed by atoms with Gasteiger partial charge in [-0.15, -0.1) is 0 Å². The van der Waals surface area contributed by atoms with Crippen molar-refractivity contribution in [2.75, 3.05) is 6.61 Å². The van der Waals surface area contributed by atoms with E-state index in [-0.39, 0.29) is 11.9 Å². The number of carbonyl (C=O) groups excluding carboxylic acids is 1. The Labute approximate surface area is 60.6 Å². The van der Waals surface area contributed by atoms with Crippen LogP contribution in [-0.4, -0.2) is 12.6 Å². The molecule has 0 N–H and O–H groups in total. The van der Waals surface area contributed by atoms with Crippen LogP contribution < -0.4 is 0 Å². The highest BCUT2D eigenvalue weighted by Crippen LogP contribution is 2.35. The second-order valence-corrected chi connectivity index (χ2v) is 3.28. The van der Waals surface area contributed by atoms with Gasteiger partial charge < -0.3 is 4.74 Å². The topological polar surface area (TPSA) is 26.3 Å². The van der Waals surface area contributed by atoms with Crippen LogP contribution in [-0.2, 0) is 9.53 Å². The largest absolute Gasteiger partial charge is 0.465 e. The van der Waals surface area contributed by atoms with Crippen molar-refractivity contribution >= 4 is 5.97 Å². The summed E-state index contributed by atoms with van der Waals surface area (Å²) < 4.78 is 4.96. The Morgan fingerprint density at radius 1 is 1.30 bits per heavy atom. The van der Waals surface area contributed by atoms with Crippen molar-refractivity contribution in [3.05, 3.63) is 0 Å². The normalized spacial score (nSPS) is 39.0. The molecule has 1 aliphatic heterocycles. The van der Waals surface area contributed by atoms with Crippen LogP contribution in [0.4, 0.5) is 0 Å². The number of carbonyl (C=O) groups is 1. The molecule has 2 atom stereocenters. The molecule has 0 aromatic rings. The van der Waals surface area contributed by atoms with Crippen molar-refractivity contribution in [1.29, 1.82) is 0 Å². The fraction of sp³-hybridized carbons (Fsp3) is 0.875. The van der Waals surface area contributed by atoms with Crippen LogP contribution in [0.5, 0.6) is 0 Å². The van der Waals surface area contributed by atoms with Gasteiger partial charge in [0.25, 0.3) is 0 Å². The van der Waals surface area contributed by atoms with Crippen LogP contribution in [0.15, 0.2) is 0 Å². The number of esters is 1. The highest BCUT2D eigenvalue weighted by molar-refractivity contribution is 5.74. The predicted molar refractivity (Wildman–Crippen MR) is 36.4 cm³/mol. The third kappa shape index (κ3) is 0.825. The zero-order valence-electron chi connectivity index (χ0n) is 6.01. The van der Waals surface area contributed by atoms with Crippen molar-refractivity contribution in [2.24, 2.45) is 11.8 Å². The van der Waals surface area contributed by atoms with E-state index in [0.29, 0.717) is 12.5 Å². The minimum atomic E-state index is 0.0599. The molecule has 0 aromatic carbocycles. The highest BCUT2D eigenvalue weighted by atomic mass is 16.5. The average Bonchev–Trinajstić information content (AvgIpc) is 2.34. The summed E-state index contributed by atoms with van der Waals surface area (Å²) in [5.74, 6) is 0.903. The molecule has 1 saturated heterocycles. The van der Waals surface area contributed by atoms with Gasteiger partial charge >= 0.3 is 5.97 Å². The van der Waals surface area contributed by atoms with E-state index in [4.69, 9.17) is 4.74 Å². The number of hydrogen-bond donors (Lipinski definition) is 0. The molecule has 2 fully saturated rings. The van der Waals surface area contributed by atoms with E-state index in [2.05, 4.69) is 0 Å². The van der Waals surface area contributed by atoms with E-state index in [0.717, 1.165) is 6.42 Å². The van der Waals surface area contributed by atoms with Crippen molar-refractivity contribution in [2.45, 2.75) is 25.7 Å². The minimum Gasteiger partial charge on any atom is -0.465 e. The average molecular weight is 140 g/mol. The Morgan fingerprint density at radius 3 is 2.90 bits per heavy atom. The molecule has 1 saturated carbocycles. The van der Waals surface area contributed by atoms with Gasteiger partial charge in [0.05, 0.1) is 12.5 Å². The molecule has 2 aliphatic rings. The fourth-order valence-electron chi connectivity index (χ4n) is 2.01. The lowest BCUT2D eigenvalue weighted by Gasteiger charge is -2.19. The van der Waals surface area contributed by atoms with Crippen molar-refractivity contribution in [3.63, 3.8) is 0 Å². The molecule has 0 spiro atoms. The molecule has 2 heteroatoms. The summed E-state index contributed by atoms with van der Waals surface area (Å²) in [4.78, 5) is 11.0. The standard InChI is InChI=1S/C8H12O2/c9-8-7-4-2-1-3-6(7)5-10-8/h6-7H,1-5H2/t6?,7-/m1/s1. The number of rotatable bonds is 0. The van der Waals surface area contributed by atoms with Gasteiger partial charge in [0.1, 0.15) is 0 Å². The van der Waals surface area contributed by atoms with Crippen LogP contribution in [0.3, 0.4) is 0 Å². The Kier molecular flexibility index (Phi) is 1.40. The summed E-state index contributed by atoms with van der Waals surface area (Å²) in [5, 5.41) is 0. The first-order valence-electron chi connectivity index (χ1n) is 4.04. The van der Waals surface area contributed by atoms with Crippen molar-refractivity contribution in [3.8, 4) is 0 Å². The molecule has 2 nitrogen and oxygen atoms in total. The van der Waals surface area contributed by atoms with E-state index in [9.17, 15) is 4.79 Å². The maximum absolute atomic E-state index is 11.0. The summed E-state index contributed by atoms with van der Waals surface area (Å²) >= 11 is 0. The van der Waals surface area contributed by atoms with Crippen molar-refractivity contribution in [1.82, 2.24) is 0 Å². The first kappa shape index (κ1) is 6.20. The molecule has 10 heavy (non-hydrogen) atoms. The van der Waals surface area contributed by atoms with Gasteiger partial charge in [-0.2, -0.15) is 0 Å². The summed E-state index contributed by atoms with van der Waals surface area (Å²) in [6.45, 7) is 0.698.